The van der Waals surface area contributed by atoms with Gasteiger partial charge < -0.3 is 14.9 Å². The van der Waals surface area contributed by atoms with E-state index in [1.54, 1.807) is 30.3 Å². The van der Waals surface area contributed by atoms with Crippen LogP contribution in [0.15, 0.2) is 48.5 Å². The second-order valence-corrected chi connectivity index (χ2v) is 3.78. The van der Waals surface area contributed by atoms with Crippen molar-refractivity contribution < 1.29 is 19.7 Å². The van der Waals surface area contributed by atoms with E-state index >= 15 is 0 Å². The minimum absolute atomic E-state index is 0.0440. The highest BCUT2D eigenvalue weighted by molar-refractivity contribution is 5.94. The van der Waals surface area contributed by atoms with Crippen LogP contribution in [0.2, 0.25) is 0 Å². The van der Waals surface area contributed by atoms with E-state index in [0.29, 0.717) is 17.1 Å². The van der Waals surface area contributed by atoms with Crippen LogP contribution in [0.5, 0.6) is 17.2 Å². The van der Waals surface area contributed by atoms with Gasteiger partial charge in [-0.15, -0.1) is 0 Å². The van der Waals surface area contributed by atoms with Crippen LogP contribution in [0.3, 0.4) is 0 Å². The number of phenolic OH excluding ortho intramolecular Hbond substituents is 2. The summed E-state index contributed by atoms with van der Waals surface area (Å²) in [7, 11) is 1.44. The first-order valence-electron chi connectivity index (χ1n) is 5.66. The Bertz CT molecular complexity index is 535. The summed E-state index contributed by atoms with van der Waals surface area (Å²) in [4.78, 5) is 10.9. The van der Waals surface area contributed by atoms with E-state index in [9.17, 15) is 9.90 Å². The Kier molecular flexibility index (Phi) is 5.41. The molecular weight excluding hydrogens is 244 g/mol. The van der Waals surface area contributed by atoms with Crippen LogP contribution >= 0.6 is 0 Å². The van der Waals surface area contributed by atoms with Crippen molar-refractivity contribution in [3.63, 3.8) is 0 Å². The van der Waals surface area contributed by atoms with Crippen LogP contribution in [0.4, 0.5) is 0 Å². The lowest BCUT2D eigenvalue weighted by atomic mass is 10.1. The average Bonchev–Trinajstić information content (AvgIpc) is 2.40. The molecule has 0 atom stereocenters. The van der Waals surface area contributed by atoms with Gasteiger partial charge in [0.15, 0.2) is 17.3 Å². The SMILES string of the molecule is COc1cc(C(C)=O)ccc1O.Oc1ccccc1. The van der Waals surface area contributed by atoms with Gasteiger partial charge >= 0.3 is 0 Å². The zero-order valence-corrected chi connectivity index (χ0v) is 10.8. The average molecular weight is 260 g/mol. The number of Topliss-reactive ketones (excluding diaryl/α,β-unsaturated/α-hetero) is 1. The van der Waals surface area contributed by atoms with Crippen molar-refractivity contribution in [3.8, 4) is 17.2 Å². The fourth-order valence-electron chi connectivity index (χ4n) is 1.32. The number of methoxy groups -OCH3 is 1. The molecule has 2 rings (SSSR count). The molecule has 2 aromatic carbocycles. The number of carbonyl (C=O) groups is 1. The maximum absolute atomic E-state index is 10.9. The predicted molar refractivity (Wildman–Crippen MR) is 72.8 cm³/mol. The minimum Gasteiger partial charge on any atom is -0.508 e. The number of hydrogen-bond acceptors (Lipinski definition) is 4. The maximum atomic E-state index is 10.9. The molecule has 4 heteroatoms. The number of para-hydroxylation sites is 1. The summed E-state index contributed by atoms with van der Waals surface area (Å²) in [5.41, 5.74) is 0.532. The Labute approximate surface area is 111 Å². The van der Waals surface area contributed by atoms with Crippen LogP contribution in [0.25, 0.3) is 0 Å². The lowest BCUT2D eigenvalue weighted by Crippen LogP contribution is -1.92. The summed E-state index contributed by atoms with van der Waals surface area (Å²) in [6.07, 6.45) is 0. The monoisotopic (exact) mass is 260 g/mol. The van der Waals surface area contributed by atoms with E-state index in [-0.39, 0.29) is 11.5 Å². The second-order valence-electron chi connectivity index (χ2n) is 3.78. The summed E-state index contributed by atoms with van der Waals surface area (Å²) in [6, 6.07) is 13.2. The standard InChI is InChI=1S/C9H10O3.C6H6O/c1-6(10)7-3-4-8(11)9(5-7)12-2;7-6-4-2-1-3-5-6/h3-5,11H,1-2H3;1-5,7H. The molecule has 100 valence electrons. The molecule has 19 heavy (non-hydrogen) atoms. The molecule has 2 N–H and O–H groups in total. The number of ketones is 1. The molecule has 0 aliphatic heterocycles. The number of aromatic hydroxyl groups is 2. The summed E-state index contributed by atoms with van der Waals surface area (Å²) in [5.74, 6) is 0.640. The van der Waals surface area contributed by atoms with Crippen molar-refractivity contribution in [2.45, 2.75) is 6.92 Å². The van der Waals surface area contributed by atoms with Gasteiger partial charge in [-0.1, -0.05) is 18.2 Å². The molecule has 0 radical (unpaired) electrons. The highest BCUT2D eigenvalue weighted by atomic mass is 16.5. The number of hydrogen-bond donors (Lipinski definition) is 2. The quantitative estimate of drug-likeness (QED) is 0.814. The second kappa shape index (κ2) is 7.06. The third-order valence-corrected chi connectivity index (χ3v) is 2.34. The topological polar surface area (TPSA) is 66.8 Å². The maximum Gasteiger partial charge on any atom is 0.161 e. The van der Waals surface area contributed by atoms with Crippen molar-refractivity contribution in [3.05, 3.63) is 54.1 Å². The van der Waals surface area contributed by atoms with Crippen LogP contribution in [0.1, 0.15) is 17.3 Å². The molecule has 0 fully saturated rings. The van der Waals surface area contributed by atoms with Crippen molar-refractivity contribution in [1.29, 1.82) is 0 Å². The Balaban J connectivity index is 0.000000218. The van der Waals surface area contributed by atoms with Crippen molar-refractivity contribution in [2.75, 3.05) is 7.11 Å². The summed E-state index contributed by atoms with van der Waals surface area (Å²) in [5, 5.41) is 17.8. The number of phenols is 2. The van der Waals surface area contributed by atoms with Crippen LogP contribution in [-0.4, -0.2) is 23.1 Å². The molecule has 0 amide bonds. The molecule has 0 spiro atoms. The fourth-order valence-corrected chi connectivity index (χ4v) is 1.32. The first-order chi connectivity index (χ1) is 9.04. The van der Waals surface area contributed by atoms with Gasteiger partial charge in [0.05, 0.1) is 7.11 Å². The van der Waals surface area contributed by atoms with Gasteiger partial charge in [0.1, 0.15) is 5.75 Å². The van der Waals surface area contributed by atoms with E-state index in [1.807, 2.05) is 6.07 Å². The summed E-state index contributed by atoms with van der Waals surface area (Å²) >= 11 is 0. The lowest BCUT2D eigenvalue weighted by molar-refractivity contribution is 0.101. The third kappa shape index (κ3) is 4.71. The smallest absolute Gasteiger partial charge is 0.161 e. The van der Waals surface area contributed by atoms with Crippen LogP contribution < -0.4 is 4.74 Å². The Morgan fingerprint density at radius 1 is 1.05 bits per heavy atom. The lowest BCUT2D eigenvalue weighted by Gasteiger charge is -2.03. The Morgan fingerprint density at radius 3 is 2.11 bits per heavy atom. The van der Waals surface area contributed by atoms with Crippen LogP contribution in [-0.2, 0) is 0 Å². The zero-order valence-electron chi connectivity index (χ0n) is 10.8. The summed E-state index contributed by atoms with van der Waals surface area (Å²) < 4.78 is 4.83. The molecule has 0 bridgehead atoms. The minimum atomic E-state index is -0.0479. The molecule has 0 saturated heterocycles. The van der Waals surface area contributed by atoms with Gasteiger partial charge in [-0.25, -0.2) is 0 Å². The van der Waals surface area contributed by atoms with Gasteiger partial charge in [0.25, 0.3) is 0 Å². The number of ether oxygens (including phenoxy) is 1. The number of rotatable bonds is 2. The molecule has 0 aromatic heterocycles. The van der Waals surface area contributed by atoms with Gasteiger partial charge in [-0.2, -0.15) is 0 Å². The zero-order chi connectivity index (χ0) is 14.3. The van der Waals surface area contributed by atoms with Crippen molar-refractivity contribution in [2.24, 2.45) is 0 Å². The Hall–Kier alpha value is -2.49. The number of benzene rings is 2. The van der Waals surface area contributed by atoms with E-state index in [4.69, 9.17) is 9.84 Å². The third-order valence-electron chi connectivity index (χ3n) is 2.34. The number of carbonyl (C=O) groups excluding carboxylic acids is 1. The molecule has 0 heterocycles. The molecule has 0 aliphatic rings. The first-order valence-corrected chi connectivity index (χ1v) is 5.66. The van der Waals surface area contributed by atoms with Gasteiger partial charge in [-0.3, -0.25) is 4.79 Å². The Morgan fingerprint density at radius 2 is 1.68 bits per heavy atom. The molecule has 0 aliphatic carbocycles. The van der Waals surface area contributed by atoms with Gasteiger partial charge in [0, 0.05) is 5.56 Å². The molecular formula is C15H16O4. The van der Waals surface area contributed by atoms with E-state index in [0.717, 1.165) is 0 Å². The fraction of sp³-hybridized carbons (Fsp3) is 0.133. The summed E-state index contributed by atoms with van der Waals surface area (Å²) in [6.45, 7) is 1.46. The van der Waals surface area contributed by atoms with E-state index in [1.165, 1.54) is 26.2 Å². The van der Waals surface area contributed by atoms with E-state index in [2.05, 4.69) is 0 Å². The van der Waals surface area contributed by atoms with Crippen molar-refractivity contribution in [1.82, 2.24) is 0 Å². The molecule has 0 saturated carbocycles. The molecule has 0 unspecified atom stereocenters. The normalized spacial score (nSPS) is 9.16. The van der Waals surface area contributed by atoms with E-state index < -0.39 is 0 Å². The highest BCUT2D eigenvalue weighted by Gasteiger charge is 2.04. The molecule has 2 aromatic rings. The van der Waals surface area contributed by atoms with Gasteiger partial charge in [-0.05, 0) is 37.3 Å². The highest BCUT2D eigenvalue weighted by Crippen LogP contribution is 2.26. The van der Waals surface area contributed by atoms with Gasteiger partial charge in [0.2, 0.25) is 0 Å². The van der Waals surface area contributed by atoms with Crippen LogP contribution in [0, 0.1) is 0 Å². The predicted octanol–water partition coefficient (Wildman–Crippen LogP) is 3.00. The van der Waals surface area contributed by atoms with Crippen molar-refractivity contribution >= 4 is 5.78 Å². The molecule has 4 nitrogen and oxygen atoms in total. The largest absolute Gasteiger partial charge is 0.508 e. The first kappa shape index (κ1) is 14.6.